The zero-order chi connectivity index (χ0) is 12.7. The second-order valence-corrected chi connectivity index (χ2v) is 5.72. The average molecular weight is 367 g/mol. The van der Waals surface area contributed by atoms with Crippen LogP contribution < -0.4 is 5.73 Å². The van der Waals surface area contributed by atoms with Gasteiger partial charge in [0.25, 0.3) is 0 Å². The summed E-state index contributed by atoms with van der Waals surface area (Å²) in [4.78, 5) is 7.83. The van der Waals surface area contributed by atoms with Crippen molar-refractivity contribution >= 4 is 48.6 Å². The van der Waals surface area contributed by atoms with E-state index < -0.39 is 0 Å². The summed E-state index contributed by atoms with van der Waals surface area (Å²) in [5, 5.41) is 0. The molecule has 3 nitrogen and oxygen atoms in total. The third-order valence-electron chi connectivity index (χ3n) is 2.73. The Morgan fingerprint density at radius 1 is 1.11 bits per heavy atom. The fourth-order valence-corrected chi connectivity index (χ4v) is 2.66. The zero-order valence-corrected chi connectivity index (χ0v) is 12.4. The van der Waals surface area contributed by atoms with E-state index in [0.717, 1.165) is 31.4 Å². The van der Waals surface area contributed by atoms with Crippen molar-refractivity contribution in [3.63, 3.8) is 0 Å². The van der Waals surface area contributed by atoms with Gasteiger partial charge in [0.2, 0.25) is 0 Å². The largest absolute Gasteiger partial charge is 0.397 e. The molecule has 0 spiro atoms. The number of hydrogen-bond acceptors (Lipinski definition) is 2. The number of aromatic nitrogens is 2. The highest BCUT2D eigenvalue weighted by atomic mass is 79.9. The van der Waals surface area contributed by atoms with Crippen LogP contribution in [0.2, 0.25) is 0 Å². The Morgan fingerprint density at radius 2 is 1.94 bits per heavy atom. The number of fused-ring (bicyclic) bond motifs is 1. The molecule has 0 unspecified atom stereocenters. The van der Waals surface area contributed by atoms with Gasteiger partial charge in [-0.05, 0) is 30.3 Å². The van der Waals surface area contributed by atoms with Crippen LogP contribution in [0.5, 0.6) is 0 Å². The van der Waals surface area contributed by atoms with Gasteiger partial charge in [0.15, 0.2) is 0 Å². The summed E-state index contributed by atoms with van der Waals surface area (Å²) < 4.78 is 2.00. The standard InChI is InChI=1S/C13H9Br2N3/c14-7-4-5-9(15)8(6-7)13-17-11-3-1-2-10(16)12(11)18-13/h1-6H,16H2,(H,17,18). The normalized spacial score (nSPS) is 11.0. The third kappa shape index (κ3) is 1.93. The minimum absolute atomic E-state index is 0.682. The van der Waals surface area contributed by atoms with Crippen molar-refractivity contribution in [2.24, 2.45) is 0 Å². The topological polar surface area (TPSA) is 54.7 Å². The number of para-hydroxylation sites is 1. The molecule has 0 saturated carbocycles. The maximum Gasteiger partial charge on any atom is 0.139 e. The van der Waals surface area contributed by atoms with E-state index in [2.05, 4.69) is 41.8 Å². The molecule has 1 heterocycles. The monoisotopic (exact) mass is 365 g/mol. The van der Waals surface area contributed by atoms with Crippen molar-refractivity contribution in [1.82, 2.24) is 9.97 Å². The summed E-state index contributed by atoms with van der Waals surface area (Å²) in [7, 11) is 0. The molecule has 3 rings (SSSR count). The maximum absolute atomic E-state index is 5.91. The molecule has 90 valence electrons. The Morgan fingerprint density at radius 3 is 2.72 bits per heavy atom. The van der Waals surface area contributed by atoms with Crippen LogP contribution in [0.25, 0.3) is 22.4 Å². The van der Waals surface area contributed by atoms with Crippen LogP contribution in [0.3, 0.4) is 0 Å². The Bertz CT molecular complexity index is 734. The quantitative estimate of drug-likeness (QED) is 0.629. The first kappa shape index (κ1) is 11.7. The summed E-state index contributed by atoms with van der Waals surface area (Å²) in [6, 6.07) is 11.7. The Labute approximate surface area is 121 Å². The van der Waals surface area contributed by atoms with Crippen molar-refractivity contribution in [3.05, 3.63) is 45.3 Å². The molecule has 0 radical (unpaired) electrons. The van der Waals surface area contributed by atoms with Crippen LogP contribution in [0, 0.1) is 0 Å². The van der Waals surface area contributed by atoms with Gasteiger partial charge in [-0.25, -0.2) is 4.98 Å². The third-order valence-corrected chi connectivity index (χ3v) is 3.91. The molecule has 18 heavy (non-hydrogen) atoms. The second kappa shape index (κ2) is 4.40. The van der Waals surface area contributed by atoms with E-state index in [-0.39, 0.29) is 0 Å². The van der Waals surface area contributed by atoms with Crippen LogP contribution in [0.1, 0.15) is 0 Å². The first-order valence-electron chi connectivity index (χ1n) is 5.35. The molecule has 0 aliphatic carbocycles. The molecule has 0 amide bonds. The van der Waals surface area contributed by atoms with Crippen LogP contribution in [0.15, 0.2) is 45.3 Å². The van der Waals surface area contributed by atoms with E-state index in [9.17, 15) is 0 Å². The number of nitrogen functional groups attached to an aromatic ring is 1. The van der Waals surface area contributed by atoms with E-state index in [1.54, 1.807) is 0 Å². The number of nitrogens with zero attached hydrogens (tertiary/aromatic N) is 1. The molecule has 0 atom stereocenters. The van der Waals surface area contributed by atoms with Crippen LogP contribution >= 0.6 is 31.9 Å². The van der Waals surface area contributed by atoms with Crippen molar-refractivity contribution < 1.29 is 0 Å². The molecule has 0 aliphatic rings. The minimum atomic E-state index is 0.682. The summed E-state index contributed by atoms with van der Waals surface area (Å²) in [6.07, 6.45) is 0. The van der Waals surface area contributed by atoms with Crippen molar-refractivity contribution in [3.8, 4) is 11.4 Å². The SMILES string of the molecule is Nc1cccc2[nH]c(-c3cc(Br)ccc3Br)nc12. The lowest BCUT2D eigenvalue weighted by molar-refractivity contribution is 1.32. The minimum Gasteiger partial charge on any atom is -0.397 e. The molecule has 0 saturated heterocycles. The maximum atomic E-state index is 5.91. The van der Waals surface area contributed by atoms with E-state index in [0.29, 0.717) is 5.69 Å². The fourth-order valence-electron chi connectivity index (χ4n) is 1.86. The molecule has 3 N–H and O–H groups in total. The zero-order valence-electron chi connectivity index (χ0n) is 9.24. The predicted octanol–water partition coefficient (Wildman–Crippen LogP) is 4.34. The van der Waals surface area contributed by atoms with Gasteiger partial charge < -0.3 is 10.7 Å². The molecule has 0 aliphatic heterocycles. The summed E-state index contributed by atoms with van der Waals surface area (Å²) >= 11 is 7.00. The van der Waals surface area contributed by atoms with Gasteiger partial charge in [-0.1, -0.05) is 37.9 Å². The number of aromatic amines is 1. The van der Waals surface area contributed by atoms with E-state index >= 15 is 0 Å². The lowest BCUT2D eigenvalue weighted by atomic mass is 10.2. The highest BCUT2D eigenvalue weighted by Crippen LogP contribution is 2.31. The van der Waals surface area contributed by atoms with E-state index in [1.807, 2.05) is 36.4 Å². The number of H-pyrrole nitrogens is 1. The van der Waals surface area contributed by atoms with Crippen molar-refractivity contribution in [2.75, 3.05) is 5.73 Å². The molecule has 1 aromatic heterocycles. The lowest BCUT2D eigenvalue weighted by Crippen LogP contribution is -1.85. The number of imidazole rings is 1. The van der Waals surface area contributed by atoms with Gasteiger partial charge in [-0.3, -0.25) is 0 Å². The van der Waals surface area contributed by atoms with Crippen molar-refractivity contribution in [2.45, 2.75) is 0 Å². The first-order valence-corrected chi connectivity index (χ1v) is 6.93. The fraction of sp³-hybridized carbons (Fsp3) is 0. The van der Waals surface area contributed by atoms with Gasteiger partial charge in [0, 0.05) is 14.5 Å². The van der Waals surface area contributed by atoms with Crippen LogP contribution in [0.4, 0.5) is 5.69 Å². The molecule has 2 aromatic carbocycles. The van der Waals surface area contributed by atoms with Crippen LogP contribution in [-0.4, -0.2) is 9.97 Å². The van der Waals surface area contributed by atoms with Gasteiger partial charge in [0.1, 0.15) is 11.3 Å². The van der Waals surface area contributed by atoms with E-state index in [1.165, 1.54) is 0 Å². The van der Waals surface area contributed by atoms with Crippen molar-refractivity contribution in [1.29, 1.82) is 0 Å². The summed E-state index contributed by atoms with van der Waals surface area (Å²) in [6.45, 7) is 0. The van der Waals surface area contributed by atoms with Gasteiger partial charge in [-0.15, -0.1) is 0 Å². The number of hydrogen-bond donors (Lipinski definition) is 2. The van der Waals surface area contributed by atoms with Gasteiger partial charge in [0.05, 0.1) is 11.2 Å². The second-order valence-electron chi connectivity index (χ2n) is 3.95. The first-order chi connectivity index (χ1) is 8.65. The predicted molar refractivity (Wildman–Crippen MR) is 81.3 cm³/mol. The average Bonchev–Trinajstić information content (AvgIpc) is 2.77. The molecule has 0 fully saturated rings. The molecule has 3 aromatic rings. The Balaban J connectivity index is 2.26. The molecule has 5 heteroatoms. The van der Waals surface area contributed by atoms with E-state index in [4.69, 9.17) is 5.73 Å². The number of benzene rings is 2. The number of nitrogens with two attached hydrogens (primary N) is 1. The summed E-state index contributed by atoms with van der Waals surface area (Å²) in [5.74, 6) is 0.802. The number of anilines is 1. The highest BCUT2D eigenvalue weighted by molar-refractivity contribution is 9.11. The number of nitrogens with one attached hydrogen (secondary N) is 1. The highest BCUT2D eigenvalue weighted by Gasteiger charge is 2.10. The Hall–Kier alpha value is -1.33. The Kier molecular flexibility index (Phi) is 2.87. The number of halogens is 2. The van der Waals surface area contributed by atoms with Gasteiger partial charge in [-0.2, -0.15) is 0 Å². The van der Waals surface area contributed by atoms with Gasteiger partial charge >= 0.3 is 0 Å². The lowest BCUT2D eigenvalue weighted by Gasteiger charge is -2.01. The molecular formula is C13H9Br2N3. The smallest absolute Gasteiger partial charge is 0.139 e. The summed E-state index contributed by atoms with van der Waals surface area (Å²) in [5.41, 5.74) is 9.34. The molecular weight excluding hydrogens is 358 g/mol. The number of rotatable bonds is 1. The van der Waals surface area contributed by atoms with Crippen LogP contribution in [-0.2, 0) is 0 Å². The molecule has 0 bridgehead atoms.